The number of amides is 1. The van der Waals surface area contributed by atoms with Crippen molar-refractivity contribution in [2.24, 2.45) is 0 Å². The van der Waals surface area contributed by atoms with Gasteiger partial charge < -0.3 is 15.5 Å². The summed E-state index contributed by atoms with van der Waals surface area (Å²) in [5.41, 5.74) is 0. The number of carbonyl (C=O) groups excluding carboxylic acids is 1. The average molecular weight is 620 g/mol. The number of nitrogens with one attached hydrogen (secondary N) is 1. The number of allylic oxidation sites excluding steroid dienone is 3. The molecule has 0 spiro atoms. The highest BCUT2D eigenvalue weighted by Gasteiger charge is 2.17. The Balaban J connectivity index is 3.45. The van der Waals surface area contributed by atoms with Crippen molar-refractivity contribution in [2.75, 3.05) is 6.61 Å². The van der Waals surface area contributed by atoms with Crippen LogP contribution in [0.15, 0.2) is 24.3 Å². The van der Waals surface area contributed by atoms with E-state index in [-0.39, 0.29) is 12.5 Å². The molecule has 3 N–H and O–H groups in total. The normalized spacial score (nSPS) is 13.3. The van der Waals surface area contributed by atoms with Crippen LogP contribution in [0.25, 0.3) is 0 Å². The molecule has 0 aromatic rings. The van der Waals surface area contributed by atoms with Crippen molar-refractivity contribution in [1.82, 2.24) is 5.32 Å². The first-order chi connectivity index (χ1) is 21.7. The molecule has 1 amide bonds. The molecule has 4 nitrogen and oxygen atoms in total. The molecule has 2 atom stereocenters. The number of carbonyl (C=O) groups is 1. The van der Waals surface area contributed by atoms with Gasteiger partial charge in [0.25, 0.3) is 0 Å². The lowest BCUT2D eigenvalue weighted by Gasteiger charge is -2.19. The van der Waals surface area contributed by atoms with Gasteiger partial charge in [0.05, 0.1) is 18.8 Å². The lowest BCUT2D eigenvalue weighted by atomic mass is 10.0. The minimum atomic E-state index is -0.854. The Bertz CT molecular complexity index is 632. The maximum absolute atomic E-state index is 12.3. The Morgan fingerprint density at radius 1 is 0.523 bits per heavy atom. The molecular formula is C40H77NO3. The van der Waals surface area contributed by atoms with Crippen LogP contribution in [-0.2, 0) is 4.79 Å². The lowest BCUT2D eigenvalue weighted by Crippen LogP contribution is -2.45. The Labute approximate surface area is 275 Å². The fourth-order valence-corrected chi connectivity index (χ4v) is 5.89. The maximum Gasteiger partial charge on any atom is 0.220 e. The van der Waals surface area contributed by atoms with E-state index in [2.05, 4.69) is 31.3 Å². The molecule has 0 rings (SSSR count). The minimum Gasteiger partial charge on any atom is -0.394 e. The van der Waals surface area contributed by atoms with Gasteiger partial charge in [-0.15, -0.1) is 0 Å². The molecule has 0 bridgehead atoms. The van der Waals surface area contributed by atoms with Crippen LogP contribution in [0, 0.1) is 0 Å². The van der Waals surface area contributed by atoms with Crippen molar-refractivity contribution in [2.45, 2.75) is 219 Å². The third kappa shape index (κ3) is 32.3. The summed E-state index contributed by atoms with van der Waals surface area (Å²) in [6.45, 7) is 4.23. The van der Waals surface area contributed by atoms with Gasteiger partial charge in [-0.25, -0.2) is 0 Å². The molecular weight excluding hydrogens is 542 g/mol. The number of hydrogen-bond acceptors (Lipinski definition) is 3. The summed E-state index contributed by atoms with van der Waals surface area (Å²) in [7, 11) is 0. The lowest BCUT2D eigenvalue weighted by molar-refractivity contribution is -0.123. The SMILES string of the molecule is CCCC/C=C/CC/C=C/C(O)C(CO)NC(=O)CCCCCCCCCCCCCCCCCCCCCCCCCC. The molecule has 4 heteroatoms. The van der Waals surface area contributed by atoms with Crippen LogP contribution in [0.4, 0.5) is 0 Å². The molecule has 0 aliphatic heterocycles. The zero-order chi connectivity index (χ0) is 32.2. The molecule has 0 saturated carbocycles. The quantitative estimate of drug-likeness (QED) is 0.0488. The first-order valence-electron chi connectivity index (χ1n) is 19.6. The van der Waals surface area contributed by atoms with Crippen LogP contribution >= 0.6 is 0 Å². The number of aliphatic hydroxyl groups is 2. The summed E-state index contributed by atoms with van der Waals surface area (Å²) in [6, 6.07) is -0.631. The van der Waals surface area contributed by atoms with Gasteiger partial charge >= 0.3 is 0 Å². The van der Waals surface area contributed by atoms with Gasteiger partial charge in [0.15, 0.2) is 0 Å². The molecule has 0 aromatic heterocycles. The Hall–Kier alpha value is -1.13. The van der Waals surface area contributed by atoms with Crippen molar-refractivity contribution in [3.63, 3.8) is 0 Å². The van der Waals surface area contributed by atoms with Crippen molar-refractivity contribution >= 4 is 5.91 Å². The Kier molecular flexibility index (Phi) is 35.4. The Morgan fingerprint density at radius 3 is 1.30 bits per heavy atom. The average Bonchev–Trinajstić information content (AvgIpc) is 3.03. The van der Waals surface area contributed by atoms with Gasteiger partial charge in [-0.3, -0.25) is 4.79 Å². The largest absolute Gasteiger partial charge is 0.394 e. The van der Waals surface area contributed by atoms with E-state index < -0.39 is 12.1 Å². The topological polar surface area (TPSA) is 69.6 Å². The third-order valence-corrected chi connectivity index (χ3v) is 8.94. The molecule has 0 saturated heterocycles. The van der Waals surface area contributed by atoms with Crippen LogP contribution < -0.4 is 5.32 Å². The molecule has 0 fully saturated rings. The van der Waals surface area contributed by atoms with Crippen LogP contribution in [0.5, 0.6) is 0 Å². The zero-order valence-electron chi connectivity index (χ0n) is 29.7. The van der Waals surface area contributed by atoms with E-state index in [0.717, 1.165) is 32.1 Å². The molecule has 0 aliphatic carbocycles. The van der Waals surface area contributed by atoms with Crippen molar-refractivity contribution in [3.8, 4) is 0 Å². The second-order valence-electron chi connectivity index (χ2n) is 13.3. The third-order valence-electron chi connectivity index (χ3n) is 8.94. The summed E-state index contributed by atoms with van der Waals surface area (Å²) in [5, 5.41) is 22.7. The van der Waals surface area contributed by atoms with Crippen LogP contribution in [0.3, 0.4) is 0 Å². The van der Waals surface area contributed by atoms with E-state index in [0.29, 0.717) is 6.42 Å². The van der Waals surface area contributed by atoms with Crippen LogP contribution in [0.2, 0.25) is 0 Å². The highest BCUT2D eigenvalue weighted by atomic mass is 16.3. The Morgan fingerprint density at radius 2 is 0.886 bits per heavy atom. The molecule has 260 valence electrons. The summed E-state index contributed by atoms with van der Waals surface area (Å²) < 4.78 is 0. The van der Waals surface area contributed by atoms with E-state index in [1.165, 1.54) is 154 Å². The second kappa shape index (κ2) is 36.3. The van der Waals surface area contributed by atoms with Crippen LogP contribution in [-0.4, -0.2) is 34.9 Å². The zero-order valence-corrected chi connectivity index (χ0v) is 29.7. The smallest absolute Gasteiger partial charge is 0.220 e. The van der Waals surface area contributed by atoms with E-state index in [9.17, 15) is 15.0 Å². The molecule has 0 aliphatic rings. The fraction of sp³-hybridized carbons (Fsp3) is 0.875. The van der Waals surface area contributed by atoms with Gasteiger partial charge in [0, 0.05) is 6.42 Å². The number of aliphatic hydroxyl groups excluding tert-OH is 2. The van der Waals surface area contributed by atoms with Gasteiger partial charge in [-0.1, -0.05) is 199 Å². The predicted octanol–water partition coefficient (Wildman–Crippen LogP) is 11.7. The molecule has 0 aromatic carbocycles. The standard InChI is InChI=1S/C40H77NO3/c1-3-5-7-9-11-13-14-15-16-17-18-19-20-21-22-23-24-25-26-27-28-30-32-34-36-40(44)41-38(37-42)39(43)35-33-31-29-12-10-8-6-4-2/h10,12,33,35,38-39,42-43H,3-9,11,13-32,34,36-37H2,1-2H3,(H,41,44)/b12-10+,35-33+. The second-order valence-corrected chi connectivity index (χ2v) is 13.3. The van der Waals surface area contributed by atoms with Gasteiger partial charge in [-0.05, 0) is 25.7 Å². The highest BCUT2D eigenvalue weighted by Crippen LogP contribution is 2.16. The highest BCUT2D eigenvalue weighted by molar-refractivity contribution is 5.76. The van der Waals surface area contributed by atoms with E-state index >= 15 is 0 Å². The monoisotopic (exact) mass is 620 g/mol. The van der Waals surface area contributed by atoms with E-state index in [4.69, 9.17) is 0 Å². The minimum absolute atomic E-state index is 0.0749. The van der Waals surface area contributed by atoms with E-state index in [1.807, 2.05) is 6.08 Å². The summed E-state index contributed by atoms with van der Waals surface area (Å²) >= 11 is 0. The van der Waals surface area contributed by atoms with Crippen molar-refractivity contribution < 1.29 is 15.0 Å². The molecule has 44 heavy (non-hydrogen) atoms. The first-order valence-corrected chi connectivity index (χ1v) is 19.6. The number of hydrogen-bond donors (Lipinski definition) is 3. The first kappa shape index (κ1) is 42.9. The summed E-state index contributed by atoms with van der Waals surface area (Å²) in [5.74, 6) is -0.0749. The predicted molar refractivity (Wildman–Crippen MR) is 193 cm³/mol. The molecule has 0 radical (unpaired) electrons. The summed E-state index contributed by atoms with van der Waals surface area (Å²) in [4.78, 5) is 12.3. The summed E-state index contributed by atoms with van der Waals surface area (Å²) in [6.07, 6.45) is 45.8. The van der Waals surface area contributed by atoms with Gasteiger partial charge in [-0.2, -0.15) is 0 Å². The number of unbranched alkanes of at least 4 members (excludes halogenated alkanes) is 26. The molecule has 0 heterocycles. The number of rotatable bonds is 35. The van der Waals surface area contributed by atoms with Gasteiger partial charge in [0.2, 0.25) is 5.91 Å². The van der Waals surface area contributed by atoms with Gasteiger partial charge in [0.1, 0.15) is 0 Å². The van der Waals surface area contributed by atoms with Crippen molar-refractivity contribution in [1.29, 1.82) is 0 Å². The fourth-order valence-electron chi connectivity index (χ4n) is 5.89. The van der Waals surface area contributed by atoms with E-state index in [1.54, 1.807) is 6.08 Å². The van der Waals surface area contributed by atoms with Crippen molar-refractivity contribution in [3.05, 3.63) is 24.3 Å². The van der Waals surface area contributed by atoms with Crippen LogP contribution in [0.1, 0.15) is 206 Å². The maximum atomic E-state index is 12.3. The molecule has 2 unspecified atom stereocenters.